The highest BCUT2D eigenvalue weighted by Crippen LogP contribution is 2.37. The van der Waals surface area contributed by atoms with E-state index >= 15 is 0 Å². The molecule has 2 rings (SSSR count). The molecule has 1 aromatic carbocycles. The highest BCUT2D eigenvalue weighted by atomic mass is 35.5. The van der Waals surface area contributed by atoms with Crippen molar-refractivity contribution in [3.8, 4) is 5.75 Å². The van der Waals surface area contributed by atoms with Crippen LogP contribution in [0.2, 0.25) is 0 Å². The Morgan fingerprint density at radius 3 is 2.58 bits per heavy atom. The van der Waals surface area contributed by atoms with E-state index in [0.717, 1.165) is 17.7 Å². The fraction of sp³-hybridized carbons (Fsp3) is 0.300. The van der Waals surface area contributed by atoms with Gasteiger partial charge in [-0.3, -0.25) is 10.8 Å². The van der Waals surface area contributed by atoms with Gasteiger partial charge in [0.25, 0.3) is 0 Å². The molecule has 1 aromatic rings. The number of nitrogens with zero attached hydrogens (tertiary/aromatic N) is 1. The summed E-state index contributed by atoms with van der Waals surface area (Å²) in [4.78, 5) is 5.69. The Kier molecular flexibility index (Phi) is 7.61. The molecule has 0 radical (unpaired) electrons. The zero-order chi connectivity index (χ0) is 23.3. The maximum Gasteiger partial charge on any atom is 0.416 e. The monoisotopic (exact) mass is 457 g/mol. The van der Waals surface area contributed by atoms with Crippen LogP contribution in [0.3, 0.4) is 0 Å². The predicted molar refractivity (Wildman–Crippen MR) is 114 cm³/mol. The van der Waals surface area contributed by atoms with E-state index in [0.29, 0.717) is 29.1 Å². The van der Waals surface area contributed by atoms with Crippen LogP contribution in [-0.4, -0.2) is 36.9 Å². The molecule has 0 unspecified atom stereocenters. The minimum absolute atomic E-state index is 0.0525. The number of hydrogen-bond donors (Lipinski definition) is 4. The summed E-state index contributed by atoms with van der Waals surface area (Å²) < 4.78 is 45.3. The van der Waals surface area contributed by atoms with Crippen LogP contribution in [0.15, 0.2) is 47.5 Å². The van der Waals surface area contributed by atoms with Gasteiger partial charge in [-0.05, 0) is 49.7 Å². The van der Waals surface area contributed by atoms with Crippen LogP contribution in [0.5, 0.6) is 5.75 Å². The largest absolute Gasteiger partial charge is 0.482 e. The Morgan fingerprint density at radius 1 is 1.32 bits per heavy atom. The zero-order valence-corrected chi connectivity index (χ0v) is 18.1. The summed E-state index contributed by atoms with van der Waals surface area (Å²) in [5.74, 6) is 0.207. The second kappa shape index (κ2) is 9.78. The molecule has 1 aliphatic rings. The van der Waals surface area contributed by atoms with Crippen LogP contribution in [0.4, 0.5) is 13.2 Å². The number of hydroxylamine groups is 2. The lowest BCUT2D eigenvalue weighted by atomic mass is 9.98. The number of benzene rings is 1. The van der Waals surface area contributed by atoms with Crippen molar-refractivity contribution in [1.29, 1.82) is 10.8 Å². The first-order valence-corrected chi connectivity index (χ1v) is 9.40. The van der Waals surface area contributed by atoms with Crippen molar-refractivity contribution in [1.82, 2.24) is 15.7 Å². The van der Waals surface area contributed by atoms with Crippen LogP contribution in [0.1, 0.15) is 25.0 Å². The standard InChI is InChI=1S/C20H23ClF3N5O2/c1-11-7-15(18(30-4)27-9-11)14-6-5-13(20(22,23)24)8-16(14)31-29(3)10-12(2)17(25)28-19(21)26/h5-8,10,27H,9H2,1-4H3,(H3,25,26,28)/b12-10-. The van der Waals surface area contributed by atoms with Crippen molar-refractivity contribution in [2.45, 2.75) is 20.0 Å². The van der Waals surface area contributed by atoms with E-state index in [2.05, 4.69) is 10.6 Å². The molecular weight excluding hydrogens is 435 g/mol. The van der Waals surface area contributed by atoms with E-state index in [1.54, 1.807) is 6.92 Å². The molecule has 31 heavy (non-hydrogen) atoms. The second-order valence-electron chi connectivity index (χ2n) is 6.76. The lowest BCUT2D eigenvalue weighted by Crippen LogP contribution is -2.28. The number of halogens is 4. The quantitative estimate of drug-likeness (QED) is 0.219. The number of nitrogens with one attached hydrogen (secondary N) is 4. The number of alkyl halides is 3. The summed E-state index contributed by atoms with van der Waals surface area (Å²) in [5, 5.41) is 21.1. The van der Waals surface area contributed by atoms with Crippen LogP contribution < -0.4 is 15.5 Å². The van der Waals surface area contributed by atoms with E-state index in [-0.39, 0.29) is 11.6 Å². The summed E-state index contributed by atoms with van der Waals surface area (Å²) in [6.07, 6.45) is -1.36. The highest BCUT2D eigenvalue weighted by Gasteiger charge is 2.32. The van der Waals surface area contributed by atoms with Gasteiger partial charge in [0.15, 0.2) is 16.9 Å². The fourth-order valence-electron chi connectivity index (χ4n) is 2.78. The smallest absolute Gasteiger partial charge is 0.416 e. The van der Waals surface area contributed by atoms with Crippen LogP contribution in [-0.2, 0) is 10.9 Å². The first-order chi connectivity index (χ1) is 14.4. The third kappa shape index (κ3) is 6.42. The Hall–Kier alpha value is -3.14. The Morgan fingerprint density at radius 2 is 2.00 bits per heavy atom. The van der Waals surface area contributed by atoms with Gasteiger partial charge >= 0.3 is 6.18 Å². The first kappa shape index (κ1) is 24.1. The summed E-state index contributed by atoms with van der Waals surface area (Å²) in [5.41, 5.74) is 1.38. The normalized spacial score (nSPS) is 14.5. The molecular formula is C20H23ClF3N5O2. The van der Waals surface area contributed by atoms with Crippen molar-refractivity contribution in [3.05, 3.63) is 58.6 Å². The topological polar surface area (TPSA) is 93.5 Å². The SMILES string of the molecule is COC1=C(c2ccc(C(F)(F)F)cc2ON(C)/C=C(/C)C(=N)NC(=N)Cl)C=C(C)CN1. The average molecular weight is 458 g/mol. The Bertz CT molecular complexity index is 970. The minimum atomic E-state index is -4.55. The number of allylic oxidation sites excluding steroid dienone is 2. The maximum atomic E-state index is 13.3. The number of amidine groups is 2. The van der Waals surface area contributed by atoms with Crippen molar-refractivity contribution >= 4 is 28.3 Å². The molecule has 0 bridgehead atoms. The second-order valence-corrected chi connectivity index (χ2v) is 7.14. The van der Waals surface area contributed by atoms with E-state index < -0.39 is 17.0 Å². The molecule has 0 saturated heterocycles. The molecule has 11 heteroatoms. The molecule has 1 heterocycles. The van der Waals surface area contributed by atoms with E-state index in [1.807, 2.05) is 13.0 Å². The molecule has 0 aromatic heterocycles. The lowest BCUT2D eigenvalue weighted by molar-refractivity contribution is -0.137. The summed E-state index contributed by atoms with van der Waals surface area (Å²) in [7, 11) is 2.94. The third-order valence-electron chi connectivity index (χ3n) is 4.21. The fourth-order valence-corrected chi connectivity index (χ4v) is 2.88. The lowest BCUT2D eigenvalue weighted by Gasteiger charge is -2.24. The summed E-state index contributed by atoms with van der Waals surface area (Å²) in [6, 6.07) is 3.21. The molecule has 168 valence electrons. The molecule has 0 fully saturated rings. The molecule has 7 nitrogen and oxygen atoms in total. The van der Waals surface area contributed by atoms with E-state index in [9.17, 15) is 13.2 Å². The third-order valence-corrected chi connectivity index (χ3v) is 4.31. The van der Waals surface area contributed by atoms with Gasteiger partial charge < -0.3 is 20.2 Å². The van der Waals surface area contributed by atoms with Crippen molar-refractivity contribution in [2.24, 2.45) is 0 Å². The molecule has 0 aliphatic carbocycles. The van der Waals surface area contributed by atoms with Crippen LogP contribution >= 0.6 is 11.6 Å². The van der Waals surface area contributed by atoms with Gasteiger partial charge in [0.05, 0.1) is 12.7 Å². The molecule has 1 aliphatic heterocycles. The molecule has 0 spiro atoms. The van der Waals surface area contributed by atoms with E-state index in [1.165, 1.54) is 31.5 Å². The van der Waals surface area contributed by atoms with Gasteiger partial charge in [0.2, 0.25) is 0 Å². The molecule has 0 atom stereocenters. The Labute approximate surface area is 183 Å². The van der Waals surface area contributed by atoms with Gasteiger partial charge in [0, 0.05) is 36.5 Å². The van der Waals surface area contributed by atoms with Gasteiger partial charge in [-0.1, -0.05) is 5.57 Å². The van der Waals surface area contributed by atoms with Crippen LogP contribution in [0, 0.1) is 10.8 Å². The molecule has 0 saturated carbocycles. The number of hydrogen-bond acceptors (Lipinski definition) is 6. The predicted octanol–water partition coefficient (Wildman–Crippen LogP) is 4.44. The van der Waals surface area contributed by atoms with Gasteiger partial charge in [-0.15, -0.1) is 0 Å². The zero-order valence-electron chi connectivity index (χ0n) is 17.4. The van der Waals surface area contributed by atoms with Crippen molar-refractivity contribution in [3.63, 3.8) is 0 Å². The number of ether oxygens (including phenoxy) is 1. The molecule has 0 amide bonds. The van der Waals surface area contributed by atoms with Gasteiger partial charge in [-0.2, -0.15) is 13.2 Å². The van der Waals surface area contributed by atoms with Crippen molar-refractivity contribution in [2.75, 3.05) is 20.7 Å². The van der Waals surface area contributed by atoms with Gasteiger partial charge in [-0.25, -0.2) is 5.06 Å². The number of dihydropyridines is 1. The van der Waals surface area contributed by atoms with Crippen molar-refractivity contribution < 1.29 is 22.7 Å². The van der Waals surface area contributed by atoms with Gasteiger partial charge in [0.1, 0.15) is 5.84 Å². The van der Waals surface area contributed by atoms with Crippen LogP contribution in [0.25, 0.3) is 5.57 Å². The number of methoxy groups -OCH3 is 1. The maximum absolute atomic E-state index is 13.3. The minimum Gasteiger partial charge on any atom is -0.482 e. The van der Waals surface area contributed by atoms with E-state index in [4.69, 9.17) is 32.0 Å². The summed E-state index contributed by atoms with van der Waals surface area (Å²) >= 11 is 5.41. The number of rotatable bonds is 6. The first-order valence-electron chi connectivity index (χ1n) is 9.02. The highest BCUT2D eigenvalue weighted by molar-refractivity contribution is 6.65. The summed E-state index contributed by atoms with van der Waals surface area (Å²) in [6.45, 7) is 4.00. The molecule has 4 N–H and O–H groups in total. The average Bonchev–Trinajstić information content (AvgIpc) is 2.66. The Balaban J connectivity index is 2.48.